The van der Waals surface area contributed by atoms with Crippen LogP contribution in [0.15, 0.2) is 22.7 Å². The maximum atomic E-state index is 13.1. The predicted octanol–water partition coefficient (Wildman–Crippen LogP) is 4.32. The van der Waals surface area contributed by atoms with Crippen LogP contribution in [-0.2, 0) is 11.3 Å². The average molecular weight is 401 g/mol. The minimum absolute atomic E-state index is 0.224. The number of carbonyl (C=O) groups is 1. The van der Waals surface area contributed by atoms with Gasteiger partial charge < -0.3 is 10.1 Å². The molecular weight excluding hydrogens is 375 g/mol. The molecule has 1 aromatic rings. The van der Waals surface area contributed by atoms with Gasteiger partial charge in [0.15, 0.2) is 0 Å². The van der Waals surface area contributed by atoms with Crippen LogP contribution in [0.1, 0.15) is 39.2 Å². The van der Waals surface area contributed by atoms with E-state index in [0.29, 0.717) is 12.5 Å². The SMILES string of the molecule is CC(C)(C)OC(=O)NCC1CCN(Cc2ccc(F)cc2Br)CC1. The van der Waals surface area contributed by atoms with Crippen molar-refractivity contribution in [3.05, 3.63) is 34.1 Å². The van der Waals surface area contributed by atoms with Gasteiger partial charge in [0, 0.05) is 17.6 Å². The highest BCUT2D eigenvalue weighted by molar-refractivity contribution is 9.10. The first-order chi connectivity index (χ1) is 11.2. The molecule has 24 heavy (non-hydrogen) atoms. The largest absolute Gasteiger partial charge is 0.444 e. The fraction of sp³-hybridized carbons (Fsp3) is 0.611. The summed E-state index contributed by atoms with van der Waals surface area (Å²) in [4.78, 5) is 14.1. The zero-order chi connectivity index (χ0) is 17.7. The number of hydrogen-bond acceptors (Lipinski definition) is 3. The summed E-state index contributed by atoms with van der Waals surface area (Å²) < 4.78 is 19.2. The van der Waals surface area contributed by atoms with E-state index in [4.69, 9.17) is 4.74 Å². The number of likely N-dealkylation sites (tertiary alicyclic amines) is 1. The fourth-order valence-corrected chi connectivity index (χ4v) is 3.26. The molecule has 1 heterocycles. The van der Waals surface area contributed by atoms with Gasteiger partial charge in [0.25, 0.3) is 0 Å². The van der Waals surface area contributed by atoms with Gasteiger partial charge in [-0.3, -0.25) is 4.90 Å². The van der Waals surface area contributed by atoms with Gasteiger partial charge in [0.1, 0.15) is 11.4 Å². The first-order valence-corrected chi connectivity index (χ1v) is 9.15. The topological polar surface area (TPSA) is 41.6 Å². The van der Waals surface area contributed by atoms with E-state index in [-0.39, 0.29) is 11.9 Å². The Morgan fingerprint density at radius 1 is 1.38 bits per heavy atom. The molecule has 0 aromatic heterocycles. The molecule has 0 unspecified atom stereocenters. The lowest BCUT2D eigenvalue weighted by Gasteiger charge is -2.32. The molecule has 1 aliphatic heterocycles. The lowest BCUT2D eigenvalue weighted by Crippen LogP contribution is -2.40. The molecule has 0 spiro atoms. The summed E-state index contributed by atoms with van der Waals surface area (Å²) in [6, 6.07) is 4.83. The molecule has 1 N–H and O–H groups in total. The van der Waals surface area contributed by atoms with Crippen molar-refractivity contribution in [2.75, 3.05) is 19.6 Å². The number of benzene rings is 1. The highest BCUT2D eigenvalue weighted by Crippen LogP contribution is 2.23. The quantitative estimate of drug-likeness (QED) is 0.817. The first kappa shape index (κ1) is 19.2. The minimum Gasteiger partial charge on any atom is -0.444 e. The highest BCUT2D eigenvalue weighted by atomic mass is 79.9. The molecule has 0 bridgehead atoms. The van der Waals surface area contributed by atoms with Crippen LogP contribution in [0.4, 0.5) is 9.18 Å². The molecule has 6 heteroatoms. The van der Waals surface area contributed by atoms with Gasteiger partial charge in [-0.2, -0.15) is 0 Å². The predicted molar refractivity (Wildman–Crippen MR) is 96.3 cm³/mol. The summed E-state index contributed by atoms with van der Waals surface area (Å²) in [5.74, 6) is 0.253. The molecule has 1 aromatic carbocycles. The maximum Gasteiger partial charge on any atom is 0.407 e. The van der Waals surface area contributed by atoms with Crippen molar-refractivity contribution in [3.63, 3.8) is 0 Å². The Bertz CT molecular complexity index is 567. The van der Waals surface area contributed by atoms with Gasteiger partial charge in [-0.15, -0.1) is 0 Å². The van der Waals surface area contributed by atoms with Gasteiger partial charge >= 0.3 is 6.09 Å². The number of rotatable bonds is 4. The third kappa shape index (κ3) is 6.40. The van der Waals surface area contributed by atoms with Crippen molar-refractivity contribution >= 4 is 22.0 Å². The molecule has 0 atom stereocenters. The van der Waals surface area contributed by atoms with Crippen LogP contribution >= 0.6 is 15.9 Å². The molecule has 0 radical (unpaired) electrons. The van der Waals surface area contributed by atoms with Crippen LogP contribution in [0.3, 0.4) is 0 Å². The third-order valence-electron chi connectivity index (χ3n) is 4.05. The Labute approximate surface area is 151 Å². The number of nitrogens with zero attached hydrogens (tertiary/aromatic N) is 1. The summed E-state index contributed by atoms with van der Waals surface area (Å²) >= 11 is 3.42. The molecule has 1 saturated heterocycles. The van der Waals surface area contributed by atoms with Gasteiger partial charge in [0.05, 0.1) is 0 Å². The van der Waals surface area contributed by atoms with Crippen molar-refractivity contribution in [1.82, 2.24) is 10.2 Å². The fourth-order valence-electron chi connectivity index (χ4n) is 2.78. The van der Waals surface area contributed by atoms with E-state index >= 15 is 0 Å². The summed E-state index contributed by atoms with van der Waals surface area (Å²) in [5, 5.41) is 2.86. The Balaban J connectivity index is 1.72. The Morgan fingerprint density at radius 2 is 2.04 bits per heavy atom. The molecular formula is C18H26BrFN2O2. The second-order valence-corrected chi connectivity index (χ2v) is 8.19. The van der Waals surface area contributed by atoms with E-state index in [1.807, 2.05) is 26.8 Å². The number of halogens is 2. The molecule has 0 aliphatic carbocycles. The molecule has 2 rings (SSSR count). The van der Waals surface area contributed by atoms with Gasteiger partial charge in [-0.05, 0) is 70.3 Å². The standard InChI is InChI=1S/C18H26BrFN2O2/c1-18(2,3)24-17(23)21-11-13-6-8-22(9-7-13)12-14-4-5-15(20)10-16(14)19/h4-5,10,13H,6-9,11-12H2,1-3H3,(H,21,23). The lowest BCUT2D eigenvalue weighted by molar-refractivity contribution is 0.0509. The maximum absolute atomic E-state index is 13.1. The summed E-state index contributed by atoms with van der Waals surface area (Å²) in [6.07, 6.45) is 1.73. The van der Waals surface area contributed by atoms with Crippen LogP contribution in [-0.4, -0.2) is 36.2 Å². The minimum atomic E-state index is -0.462. The number of carbonyl (C=O) groups excluding carboxylic acids is 1. The van der Waals surface area contributed by atoms with Gasteiger partial charge in [-0.1, -0.05) is 22.0 Å². The Kier molecular flexibility index (Phi) is 6.63. The third-order valence-corrected chi connectivity index (χ3v) is 4.79. The number of amides is 1. The Hall–Kier alpha value is -1.14. The summed E-state index contributed by atoms with van der Waals surface area (Å²) in [5.41, 5.74) is 0.637. The van der Waals surface area contributed by atoms with Crippen LogP contribution in [0.25, 0.3) is 0 Å². The number of hydrogen-bond donors (Lipinski definition) is 1. The van der Waals surface area contributed by atoms with Crippen molar-refractivity contribution in [2.24, 2.45) is 5.92 Å². The lowest BCUT2D eigenvalue weighted by atomic mass is 9.96. The zero-order valence-corrected chi connectivity index (χ0v) is 16.2. The average Bonchev–Trinajstić information content (AvgIpc) is 2.48. The van der Waals surface area contributed by atoms with Gasteiger partial charge in [-0.25, -0.2) is 9.18 Å². The number of ether oxygens (including phenoxy) is 1. The number of nitrogens with one attached hydrogen (secondary N) is 1. The van der Waals surface area contributed by atoms with Crippen molar-refractivity contribution in [3.8, 4) is 0 Å². The number of alkyl carbamates (subject to hydrolysis) is 1. The van der Waals surface area contributed by atoms with Crippen molar-refractivity contribution in [1.29, 1.82) is 0 Å². The Morgan fingerprint density at radius 3 is 2.62 bits per heavy atom. The van der Waals surface area contributed by atoms with Crippen molar-refractivity contribution in [2.45, 2.75) is 45.8 Å². The first-order valence-electron chi connectivity index (χ1n) is 8.36. The summed E-state index contributed by atoms with van der Waals surface area (Å²) in [7, 11) is 0. The monoisotopic (exact) mass is 400 g/mol. The molecule has 4 nitrogen and oxygen atoms in total. The molecule has 1 amide bonds. The van der Waals surface area contributed by atoms with E-state index in [9.17, 15) is 9.18 Å². The molecule has 1 aliphatic rings. The normalized spacial score (nSPS) is 16.9. The van der Waals surface area contributed by atoms with Crippen LogP contribution in [0.5, 0.6) is 0 Å². The van der Waals surface area contributed by atoms with Gasteiger partial charge in [0.2, 0.25) is 0 Å². The smallest absolute Gasteiger partial charge is 0.407 e. The molecule has 0 saturated carbocycles. The van der Waals surface area contributed by atoms with Crippen LogP contribution in [0.2, 0.25) is 0 Å². The van der Waals surface area contributed by atoms with E-state index in [0.717, 1.165) is 42.5 Å². The second-order valence-electron chi connectivity index (χ2n) is 7.34. The van der Waals surface area contributed by atoms with Crippen LogP contribution < -0.4 is 5.32 Å². The van der Waals surface area contributed by atoms with Crippen molar-refractivity contribution < 1.29 is 13.9 Å². The molecule has 1 fully saturated rings. The summed E-state index contributed by atoms with van der Waals surface area (Å²) in [6.45, 7) is 9.00. The van der Waals surface area contributed by atoms with E-state index < -0.39 is 5.60 Å². The number of piperidine rings is 1. The van der Waals surface area contributed by atoms with E-state index in [1.54, 1.807) is 0 Å². The molecule has 134 valence electrons. The zero-order valence-electron chi connectivity index (χ0n) is 14.6. The van der Waals surface area contributed by atoms with E-state index in [1.165, 1.54) is 12.1 Å². The highest BCUT2D eigenvalue weighted by Gasteiger charge is 2.22. The van der Waals surface area contributed by atoms with E-state index in [2.05, 4.69) is 26.1 Å². The van der Waals surface area contributed by atoms with Crippen LogP contribution in [0, 0.1) is 11.7 Å². The second kappa shape index (κ2) is 8.30.